The van der Waals surface area contributed by atoms with Gasteiger partial charge in [0.25, 0.3) is 0 Å². The zero-order valence-corrected chi connectivity index (χ0v) is 24.2. The first-order valence-electron chi connectivity index (χ1n) is 11.7. The van der Waals surface area contributed by atoms with E-state index in [9.17, 15) is 52.5 Å². The molecular weight excluding hydrogens is 730 g/mol. The van der Waals surface area contributed by atoms with Crippen molar-refractivity contribution in [2.24, 2.45) is 0 Å². The number of hydrogen-bond donors (Lipinski definition) is 0. The summed E-state index contributed by atoms with van der Waals surface area (Å²) < 4.78 is 144. The lowest BCUT2D eigenvalue weighted by Gasteiger charge is -2.34. The minimum atomic E-state index is -7.43. The van der Waals surface area contributed by atoms with E-state index in [1.165, 1.54) is 18.3 Å². The first-order valence-corrected chi connectivity index (χ1v) is 15.2. The van der Waals surface area contributed by atoms with Gasteiger partial charge in [-0.3, -0.25) is 0 Å². The second-order valence-corrected chi connectivity index (χ2v) is 12.9. The predicted octanol–water partition coefficient (Wildman–Crippen LogP) is 5.23. The van der Waals surface area contributed by atoms with E-state index < -0.39 is 33.4 Å². The third-order valence-electron chi connectivity index (χ3n) is 5.39. The molecule has 0 atom stereocenters. The minimum absolute atomic E-state index is 0.183. The molecule has 43 heavy (non-hydrogen) atoms. The van der Waals surface area contributed by atoms with Crippen molar-refractivity contribution in [1.82, 2.24) is 0 Å². The van der Waals surface area contributed by atoms with Crippen LogP contribution in [0.15, 0.2) is 109 Å². The van der Waals surface area contributed by atoms with E-state index in [-0.39, 0.29) is 21.2 Å². The van der Waals surface area contributed by atoms with Gasteiger partial charge in [0.1, 0.15) is 11.5 Å². The Balaban J connectivity index is 0.000000261. The lowest BCUT2D eigenvalue weighted by Crippen LogP contribution is -3.61. The highest BCUT2D eigenvalue weighted by Gasteiger charge is 2.83. The summed E-state index contributed by atoms with van der Waals surface area (Å²) in [6, 6.07) is 37.8. The molecule has 4 aromatic carbocycles. The van der Waals surface area contributed by atoms with Crippen LogP contribution >= 0.6 is 0 Å². The Hall–Kier alpha value is -3.31. The van der Waals surface area contributed by atoms with Gasteiger partial charge < -0.3 is 9.29 Å². The maximum Gasteiger partial charge on any atom is 0.460 e. The van der Waals surface area contributed by atoms with Gasteiger partial charge >= 0.3 is 44.5 Å². The highest BCUT2D eigenvalue weighted by Crippen LogP contribution is 2.54. The Labute approximate surface area is 250 Å². The van der Waals surface area contributed by atoms with Crippen molar-refractivity contribution in [2.45, 2.75) is 23.3 Å². The Morgan fingerprint density at radius 2 is 0.930 bits per heavy atom. The fourth-order valence-corrected chi connectivity index (χ4v) is 5.77. The predicted molar refractivity (Wildman–Crippen MR) is 133 cm³/mol. The maximum absolute atomic E-state index is 12.2. The van der Waals surface area contributed by atoms with E-state index >= 15 is 0 Å². The maximum atomic E-state index is 12.2. The second kappa shape index (κ2) is 13.1. The van der Waals surface area contributed by atoms with Crippen LogP contribution in [0.5, 0.6) is 11.5 Å². The van der Waals surface area contributed by atoms with E-state index in [2.05, 4.69) is 78.9 Å². The topological polar surface area (TPSA) is 66.4 Å². The Morgan fingerprint density at radius 1 is 0.535 bits per heavy atom. The van der Waals surface area contributed by atoms with Gasteiger partial charge in [-0.1, -0.05) is 48.5 Å². The molecule has 0 saturated carbocycles. The number of rotatable bonds is 8. The van der Waals surface area contributed by atoms with Crippen LogP contribution in [-0.2, 0) is 10.1 Å². The molecule has 0 heterocycles. The Morgan fingerprint density at radius 3 is 1.37 bits per heavy atom. The number of ether oxygens (including phenoxy) is 1. The number of alkyl halides is 9. The smallest absolute Gasteiger partial charge is 0.460 e. The molecule has 230 valence electrons. The van der Waals surface area contributed by atoms with Gasteiger partial charge in [0.15, 0.2) is 17.3 Å². The standard InChI is InChI=1S/C24H18IO.C4HF9O3S/c1-3-7-19(8-4-1)20-11-13-21(14-12-20)25-22-15-17-24(18-16-22)26-23-9-5-2-6-10-23;5-1(6,3(9,10)11)2(7,8)4(12,13)17(14,15)16/h1-18H;(H,14,15,16)/q+1;/p-1. The van der Waals surface area contributed by atoms with E-state index in [0.717, 1.165) is 11.5 Å². The number of hydrogen-bond acceptors (Lipinski definition) is 4. The van der Waals surface area contributed by atoms with Gasteiger partial charge in [-0.15, -0.1) is 0 Å². The minimum Gasteiger partial charge on any atom is -0.743 e. The molecule has 4 nitrogen and oxygen atoms in total. The molecule has 0 bridgehead atoms. The van der Waals surface area contributed by atoms with Crippen LogP contribution in [0.4, 0.5) is 39.5 Å². The summed E-state index contributed by atoms with van der Waals surface area (Å²) in [6.45, 7) is 0. The fraction of sp³-hybridized carbons (Fsp3) is 0.143. The largest absolute Gasteiger partial charge is 0.743 e. The SMILES string of the molecule is O=S(=O)([O-])C(F)(F)C(F)(F)C(F)(F)C(F)(F)F.c1ccc(Oc2ccc([I+]c3ccc(-c4ccccc4)cc3)cc2)cc1. The average Bonchev–Trinajstić information content (AvgIpc) is 2.94. The number of benzene rings is 4. The van der Waals surface area contributed by atoms with Crippen molar-refractivity contribution >= 4 is 10.1 Å². The summed E-state index contributed by atoms with van der Waals surface area (Å²) in [5.74, 6) is -13.1. The van der Waals surface area contributed by atoms with Crippen molar-refractivity contribution in [2.75, 3.05) is 0 Å². The van der Waals surface area contributed by atoms with Gasteiger partial charge in [0, 0.05) is 0 Å². The van der Waals surface area contributed by atoms with Crippen LogP contribution in [-0.4, -0.2) is 36.2 Å². The summed E-state index contributed by atoms with van der Waals surface area (Å²) in [5, 5.41) is -7.11. The molecule has 15 heteroatoms. The molecule has 0 aromatic heterocycles. The van der Waals surface area contributed by atoms with Crippen LogP contribution in [0, 0.1) is 7.14 Å². The summed E-state index contributed by atoms with van der Waals surface area (Å²) in [6.07, 6.45) is -7.16. The summed E-state index contributed by atoms with van der Waals surface area (Å²) in [7, 11) is -7.42. The first-order chi connectivity index (χ1) is 19.9. The zero-order valence-electron chi connectivity index (χ0n) is 21.2. The summed E-state index contributed by atoms with van der Waals surface area (Å²) in [5.41, 5.74) is 2.53. The van der Waals surface area contributed by atoms with Crippen LogP contribution in [0.25, 0.3) is 11.1 Å². The zero-order chi connectivity index (χ0) is 32.1. The summed E-state index contributed by atoms with van der Waals surface area (Å²) in [4.78, 5) is 0. The van der Waals surface area contributed by atoms with Gasteiger partial charge in [-0.25, -0.2) is 8.42 Å². The molecular formula is C28H18F9IO4S. The first kappa shape index (κ1) is 34.2. The van der Waals surface area contributed by atoms with Crippen LogP contribution in [0.2, 0.25) is 0 Å². The molecule has 0 saturated heterocycles. The molecule has 0 aliphatic heterocycles. The molecule has 4 rings (SSSR count). The Kier molecular flexibility index (Phi) is 10.4. The molecule has 0 aliphatic rings. The molecule has 0 amide bonds. The van der Waals surface area contributed by atoms with Gasteiger partial charge in [-0.2, -0.15) is 39.5 Å². The highest BCUT2D eigenvalue weighted by molar-refractivity contribution is 7.86. The van der Waals surface area contributed by atoms with E-state index in [0.29, 0.717) is 0 Å². The van der Waals surface area contributed by atoms with Crippen molar-refractivity contribution in [3.8, 4) is 22.6 Å². The Bertz CT molecular complexity index is 1580. The summed E-state index contributed by atoms with van der Waals surface area (Å²) >= 11 is -0.183. The van der Waals surface area contributed by atoms with Crippen LogP contribution in [0.3, 0.4) is 0 Å². The number of halogens is 10. The third kappa shape index (κ3) is 8.00. The molecule has 0 fully saturated rings. The van der Waals surface area contributed by atoms with Crippen LogP contribution < -0.4 is 25.9 Å². The molecule has 0 radical (unpaired) electrons. The number of para-hydroxylation sites is 1. The second-order valence-electron chi connectivity index (χ2n) is 8.45. The van der Waals surface area contributed by atoms with E-state index in [1.807, 2.05) is 30.3 Å². The fourth-order valence-electron chi connectivity index (χ4n) is 3.17. The molecule has 4 aromatic rings. The quantitative estimate of drug-likeness (QED) is 0.141. The van der Waals surface area contributed by atoms with Crippen molar-refractivity contribution in [1.29, 1.82) is 0 Å². The van der Waals surface area contributed by atoms with Crippen molar-refractivity contribution < 1.29 is 78.4 Å². The molecule has 0 N–H and O–H groups in total. The molecule has 0 unspecified atom stereocenters. The monoisotopic (exact) mass is 748 g/mol. The lowest BCUT2D eigenvalue weighted by atomic mass is 10.1. The highest BCUT2D eigenvalue weighted by atomic mass is 127. The van der Waals surface area contributed by atoms with E-state index in [4.69, 9.17) is 4.74 Å². The normalized spacial score (nSPS) is 12.7. The van der Waals surface area contributed by atoms with Crippen LogP contribution in [0.1, 0.15) is 0 Å². The van der Waals surface area contributed by atoms with Gasteiger partial charge in [0.05, 0.1) is 0 Å². The third-order valence-corrected chi connectivity index (χ3v) is 8.96. The van der Waals surface area contributed by atoms with Crippen molar-refractivity contribution in [3.05, 3.63) is 116 Å². The van der Waals surface area contributed by atoms with E-state index in [1.54, 1.807) is 0 Å². The molecule has 0 aliphatic carbocycles. The van der Waals surface area contributed by atoms with Gasteiger partial charge in [0.2, 0.25) is 0 Å². The average molecular weight is 748 g/mol. The molecule has 0 spiro atoms. The lowest BCUT2D eigenvalue weighted by molar-refractivity contribution is -0.597. The van der Waals surface area contributed by atoms with Gasteiger partial charge in [-0.05, 0) is 71.8 Å². The van der Waals surface area contributed by atoms with Crippen molar-refractivity contribution in [3.63, 3.8) is 0 Å².